The molecule has 3 aromatic rings. The van der Waals surface area contributed by atoms with Gasteiger partial charge in [-0.2, -0.15) is 4.98 Å². The molecule has 4 rings (SSSR count). The molecule has 0 bridgehead atoms. The normalized spacial score (nSPS) is 18.8. The maximum atomic E-state index is 4.80. The summed E-state index contributed by atoms with van der Waals surface area (Å²) in [6, 6.07) is 20.1. The lowest BCUT2D eigenvalue weighted by Crippen LogP contribution is -2.37. The van der Waals surface area contributed by atoms with E-state index >= 15 is 0 Å². The van der Waals surface area contributed by atoms with E-state index in [1.165, 1.54) is 37.7 Å². The zero-order valence-electron chi connectivity index (χ0n) is 18.8. The Bertz CT molecular complexity index is 948. The summed E-state index contributed by atoms with van der Waals surface area (Å²) in [5, 5.41) is 8.48. The summed E-state index contributed by atoms with van der Waals surface area (Å²) in [5.41, 5.74) is 2.44. The largest absolute Gasteiger partial charge is 0.362 e. The lowest BCUT2D eigenvalue weighted by molar-refractivity contribution is 0.351. The molecule has 0 unspecified atom stereocenters. The van der Waals surface area contributed by atoms with Gasteiger partial charge in [0.05, 0.1) is 5.52 Å². The molecule has 0 atom stereocenters. The summed E-state index contributed by atoms with van der Waals surface area (Å²) in [6.45, 7) is 1.12. The first-order chi connectivity index (χ1) is 15.2. The maximum Gasteiger partial charge on any atom is 0.225 e. The van der Waals surface area contributed by atoms with E-state index in [1.807, 2.05) is 26.2 Å². The van der Waals surface area contributed by atoms with Crippen molar-refractivity contribution in [2.24, 2.45) is 0 Å². The summed E-state index contributed by atoms with van der Waals surface area (Å²) in [5.74, 6) is 1.72. The Morgan fingerprint density at radius 3 is 2.32 bits per heavy atom. The zero-order valence-corrected chi connectivity index (χ0v) is 18.8. The van der Waals surface area contributed by atoms with Crippen LogP contribution in [0.1, 0.15) is 44.1 Å². The van der Waals surface area contributed by atoms with Crippen molar-refractivity contribution >= 4 is 22.7 Å². The number of benzene rings is 2. The molecular weight excluding hydrogens is 382 g/mol. The molecule has 1 aliphatic carbocycles. The Morgan fingerprint density at radius 1 is 0.839 bits per heavy atom. The Balaban J connectivity index is 1.21. The molecule has 0 spiro atoms. The lowest BCUT2D eigenvalue weighted by atomic mass is 9.91. The Labute approximate surface area is 186 Å². The van der Waals surface area contributed by atoms with E-state index in [0.29, 0.717) is 12.1 Å². The minimum atomic E-state index is 0.451. The minimum Gasteiger partial charge on any atom is -0.362 e. The van der Waals surface area contributed by atoms with Crippen LogP contribution in [0.5, 0.6) is 0 Å². The van der Waals surface area contributed by atoms with Gasteiger partial charge in [-0.05, 0) is 69.2 Å². The molecular formula is C26H35N5. The number of aromatic nitrogens is 2. The fourth-order valence-corrected chi connectivity index (χ4v) is 4.49. The van der Waals surface area contributed by atoms with Gasteiger partial charge in [0, 0.05) is 31.6 Å². The van der Waals surface area contributed by atoms with Gasteiger partial charge in [0.2, 0.25) is 5.95 Å². The fraction of sp³-hybridized carbons (Fsp3) is 0.462. The molecule has 1 aliphatic rings. The third-order valence-corrected chi connectivity index (χ3v) is 6.24. The SMILES string of the molecule is CN(C)c1nc(N[C@H]2CC[C@@H](NCCCCc3ccccc3)CC2)nc2ccccc12. The van der Waals surface area contributed by atoms with E-state index in [9.17, 15) is 0 Å². The number of unbranched alkanes of at least 4 members (excludes halogenated alkanes) is 1. The van der Waals surface area contributed by atoms with Crippen molar-refractivity contribution in [3.63, 3.8) is 0 Å². The Kier molecular flexibility index (Phi) is 7.36. The van der Waals surface area contributed by atoms with E-state index in [0.717, 1.165) is 42.1 Å². The molecule has 164 valence electrons. The summed E-state index contributed by atoms with van der Waals surface area (Å²) >= 11 is 0. The van der Waals surface area contributed by atoms with Crippen LogP contribution in [0.25, 0.3) is 10.9 Å². The molecule has 5 nitrogen and oxygen atoms in total. The zero-order chi connectivity index (χ0) is 21.5. The van der Waals surface area contributed by atoms with Crippen LogP contribution in [-0.4, -0.2) is 42.7 Å². The van der Waals surface area contributed by atoms with Gasteiger partial charge in [-0.3, -0.25) is 0 Å². The van der Waals surface area contributed by atoms with Crippen molar-refractivity contribution in [3.8, 4) is 0 Å². The molecule has 1 saturated carbocycles. The molecule has 2 aromatic carbocycles. The van der Waals surface area contributed by atoms with Gasteiger partial charge in [-0.25, -0.2) is 4.98 Å². The first-order valence-electron chi connectivity index (χ1n) is 11.7. The summed E-state index contributed by atoms with van der Waals surface area (Å²) in [7, 11) is 4.07. The molecule has 0 saturated heterocycles. The number of hydrogen-bond donors (Lipinski definition) is 2. The van der Waals surface area contributed by atoms with Crippen LogP contribution in [0.15, 0.2) is 54.6 Å². The van der Waals surface area contributed by atoms with Crippen LogP contribution in [0.3, 0.4) is 0 Å². The second-order valence-electron chi connectivity index (χ2n) is 8.87. The van der Waals surface area contributed by atoms with Gasteiger partial charge >= 0.3 is 0 Å². The topological polar surface area (TPSA) is 53.1 Å². The fourth-order valence-electron chi connectivity index (χ4n) is 4.49. The smallest absolute Gasteiger partial charge is 0.225 e. The Morgan fingerprint density at radius 2 is 1.55 bits per heavy atom. The first kappa shape index (κ1) is 21.6. The number of rotatable bonds is 9. The van der Waals surface area contributed by atoms with Crippen LogP contribution in [-0.2, 0) is 6.42 Å². The Hall–Kier alpha value is -2.66. The van der Waals surface area contributed by atoms with Gasteiger partial charge in [-0.15, -0.1) is 0 Å². The van der Waals surface area contributed by atoms with Crippen LogP contribution >= 0.6 is 0 Å². The molecule has 1 heterocycles. The highest BCUT2D eigenvalue weighted by molar-refractivity contribution is 5.90. The monoisotopic (exact) mass is 417 g/mol. The summed E-state index contributed by atoms with van der Waals surface area (Å²) in [6.07, 6.45) is 8.42. The molecule has 0 radical (unpaired) electrons. The van der Waals surface area contributed by atoms with Gasteiger partial charge in [0.25, 0.3) is 0 Å². The van der Waals surface area contributed by atoms with E-state index in [-0.39, 0.29) is 0 Å². The molecule has 1 aromatic heterocycles. The second kappa shape index (κ2) is 10.6. The van der Waals surface area contributed by atoms with Crippen LogP contribution in [0, 0.1) is 0 Å². The first-order valence-corrected chi connectivity index (χ1v) is 11.7. The minimum absolute atomic E-state index is 0.451. The predicted molar refractivity (Wildman–Crippen MR) is 131 cm³/mol. The standard InChI is InChI=1S/C26H35N5/c1-31(2)25-23-13-6-7-14-24(23)29-26(30-25)28-22-17-15-21(16-18-22)27-19-9-8-12-20-10-4-3-5-11-20/h3-7,10-11,13-14,21-22,27H,8-9,12,15-19H2,1-2H3,(H,28,29,30)/t21-,22+. The van der Waals surface area contributed by atoms with Crippen LogP contribution < -0.4 is 15.5 Å². The summed E-state index contributed by atoms with van der Waals surface area (Å²) < 4.78 is 0. The highest BCUT2D eigenvalue weighted by Crippen LogP contribution is 2.26. The van der Waals surface area contributed by atoms with Crippen molar-refractivity contribution in [3.05, 3.63) is 60.2 Å². The molecule has 0 amide bonds. The molecule has 1 fully saturated rings. The van der Waals surface area contributed by atoms with Crippen molar-refractivity contribution in [2.45, 2.75) is 57.0 Å². The van der Waals surface area contributed by atoms with Crippen molar-refractivity contribution in [1.82, 2.24) is 15.3 Å². The number of nitrogens with zero attached hydrogens (tertiary/aromatic N) is 3. The van der Waals surface area contributed by atoms with Crippen molar-refractivity contribution in [1.29, 1.82) is 0 Å². The number of hydrogen-bond acceptors (Lipinski definition) is 5. The van der Waals surface area contributed by atoms with E-state index in [4.69, 9.17) is 9.97 Å². The predicted octanol–water partition coefficient (Wildman–Crippen LogP) is 5.03. The highest BCUT2D eigenvalue weighted by Gasteiger charge is 2.21. The number of anilines is 2. The van der Waals surface area contributed by atoms with Gasteiger partial charge < -0.3 is 15.5 Å². The molecule has 5 heteroatoms. The van der Waals surface area contributed by atoms with Gasteiger partial charge in [-0.1, -0.05) is 42.5 Å². The van der Waals surface area contributed by atoms with Crippen LogP contribution in [0.4, 0.5) is 11.8 Å². The number of para-hydroxylation sites is 1. The number of fused-ring (bicyclic) bond motifs is 1. The average Bonchev–Trinajstić information content (AvgIpc) is 2.80. The van der Waals surface area contributed by atoms with Crippen molar-refractivity contribution < 1.29 is 0 Å². The third kappa shape index (κ3) is 5.95. The summed E-state index contributed by atoms with van der Waals surface area (Å²) in [4.78, 5) is 11.6. The third-order valence-electron chi connectivity index (χ3n) is 6.24. The lowest BCUT2D eigenvalue weighted by Gasteiger charge is -2.30. The van der Waals surface area contributed by atoms with E-state index in [1.54, 1.807) is 0 Å². The highest BCUT2D eigenvalue weighted by atomic mass is 15.2. The average molecular weight is 418 g/mol. The number of nitrogens with one attached hydrogen (secondary N) is 2. The molecule has 31 heavy (non-hydrogen) atoms. The maximum absolute atomic E-state index is 4.80. The quantitative estimate of drug-likeness (QED) is 0.478. The van der Waals surface area contributed by atoms with E-state index < -0.39 is 0 Å². The van der Waals surface area contributed by atoms with Gasteiger partial charge in [0.15, 0.2) is 0 Å². The van der Waals surface area contributed by atoms with Gasteiger partial charge in [0.1, 0.15) is 5.82 Å². The van der Waals surface area contributed by atoms with Crippen LogP contribution in [0.2, 0.25) is 0 Å². The number of aryl methyl sites for hydroxylation is 1. The second-order valence-corrected chi connectivity index (χ2v) is 8.87. The van der Waals surface area contributed by atoms with Crippen molar-refractivity contribution in [2.75, 3.05) is 30.9 Å². The van der Waals surface area contributed by atoms with E-state index in [2.05, 4.69) is 58.0 Å². The molecule has 2 N–H and O–H groups in total. The molecule has 0 aliphatic heterocycles.